The van der Waals surface area contributed by atoms with E-state index in [1.54, 1.807) is 4.90 Å². The van der Waals surface area contributed by atoms with E-state index in [1.807, 2.05) is 44.4 Å². The van der Waals surface area contributed by atoms with Gasteiger partial charge in [-0.25, -0.2) is 9.59 Å². The molecule has 0 aromatic heterocycles. The lowest BCUT2D eigenvalue weighted by molar-refractivity contribution is 0.0851. The van der Waals surface area contributed by atoms with Crippen molar-refractivity contribution in [1.29, 1.82) is 0 Å². The Labute approximate surface area is 120 Å². The number of cyclic esters (lactones) is 1. The number of rotatable bonds is 4. The molecule has 2 aliphatic rings. The van der Waals surface area contributed by atoms with Crippen LogP contribution in [-0.2, 0) is 4.74 Å². The van der Waals surface area contributed by atoms with Gasteiger partial charge in [0.05, 0.1) is 12.6 Å². The molecule has 0 aromatic rings. The van der Waals surface area contributed by atoms with Crippen LogP contribution in [0.15, 0.2) is 0 Å². The number of hydrogen-bond acceptors (Lipinski definition) is 3. The molecule has 1 atom stereocenters. The third kappa shape index (κ3) is 2.83. The fraction of sp³-hybridized carbons (Fsp3) is 0.857. The van der Waals surface area contributed by atoms with Crippen molar-refractivity contribution >= 4 is 12.1 Å². The molecular weight excluding hydrogens is 258 g/mol. The number of amides is 3. The normalized spacial score (nSPS) is 23.8. The minimum absolute atomic E-state index is 0.0275. The van der Waals surface area contributed by atoms with Crippen molar-refractivity contribution in [2.24, 2.45) is 0 Å². The smallest absolute Gasteiger partial charge is 0.410 e. The molecule has 0 aromatic carbocycles. The first kappa shape index (κ1) is 14.9. The number of hydrogen-bond donors (Lipinski definition) is 0. The topological polar surface area (TPSA) is 53.1 Å². The maximum atomic E-state index is 12.2. The summed E-state index contributed by atoms with van der Waals surface area (Å²) in [6.07, 6.45) is -0.283. The second kappa shape index (κ2) is 5.14. The van der Waals surface area contributed by atoms with Gasteiger partial charge in [-0.2, -0.15) is 0 Å². The summed E-state index contributed by atoms with van der Waals surface area (Å²) in [7, 11) is 0. The minimum Gasteiger partial charge on any atom is -0.441 e. The van der Waals surface area contributed by atoms with E-state index in [-0.39, 0.29) is 24.2 Å². The van der Waals surface area contributed by atoms with E-state index >= 15 is 0 Å². The lowest BCUT2D eigenvalue weighted by Gasteiger charge is -2.28. The summed E-state index contributed by atoms with van der Waals surface area (Å²) < 4.78 is 5.31. The van der Waals surface area contributed by atoms with E-state index in [2.05, 4.69) is 0 Å². The van der Waals surface area contributed by atoms with Gasteiger partial charge in [0.15, 0.2) is 0 Å². The molecule has 0 saturated carbocycles. The average Bonchev–Trinajstić information content (AvgIpc) is 2.80. The van der Waals surface area contributed by atoms with Crippen LogP contribution in [0.25, 0.3) is 0 Å². The van der Waals surface area contributed by atoms with Gasteiger partial charge >= 0.3 is 12.1 Å². The first-order chi connectivity index (χ1) is 9.21. The predicted octanol–water partition coefficient (Wildman–Crippen LogP) is 1.75. The lowest BCUT2D eigenvalue weighted by Crippen LogP contribution is -2.45. The SMILES string of the molecule is CC(C)N1CCN(CC(C)N2CC(C)(C)OC2=O)C1=O. The van der Waals surface area contributed by atoms with E-state index < -0.39 is 5.60 Å². The van der Waals surface area contributed by atoms with E-state index in [1.165, 1.54) is 0 Å². The van der Waals surface area contributed by atoms with Crippen LogP contribution in [0.5, 0.6) is 0 Å². The zero-order valence-corrected chi connectivity index (χ0v) is 13.0. The molecule has 0 N–H and O–H groups in total. The van der Waals surface area contributed by atoms with E-state index in [9.17, 15) is 9.59 Å². The van der Waals surface area contributed by atoms with Crippen molar-refractivity contribution in [3.05, 3.63) is 0 Å². The predicted molar refractivity (Wildman–Crippen MR) is 75.5 cm³/mol. The monoisotopic (exact) mass is 283 g/mol. The molecule has 0 aliphatic carbocycles. The maximum absolute atomic E-state index is 12.2. The molecule has 1 unspecified atom stereocenters. The van der Waals surface area contributed by atoms with Crippen molar-refractivity contribution < 1.29 is 14.3 Å². The first-order valence-corrected chi connectivity index (χ1v) is 7.26. The lowest BCUT2D eigenvalue weighted by atomic mass is 10.1. The van der Waals surface area contributed by atoms with Crippen LogP contribution in [0.4, 0.5) is 9.59 Å². The van der Waals surface area contributed by atoms with E-state index in [0.717, 1.165) is 13.1 Å². The Morgan fingerprint density at radius 3 is 2.25 bits per heavy atom. The van der Waals surface area contributed by atoms with Crippen LogP contribution >= 0.6 is 0 Å². The quantitative estimate of drug-likeness (QED) is 0.790. The number of ether oxygens (including phenoxy) is 1. The Hall–Kier alpha value is -1.46. The molecule has 6 nitrogen and oxygen atoms in total. The fourth-order valence-corrected chi connectivity index (χ4v) is 2.81. The Bertz CT molecular complexity index is 408. The van der Waals surface area contributed by atoms with Crippen LogP contribution in [0, 0.1) is 0 Å². The number of carbonyl (C=O) groups is 2. The molecule has 0 spiro atoms. The molecule has 2 aliphatic heterocycles. The largest absolute Gasteiger partial charge is 0.441 e. The van der Waals surface area contributed by atoms with Gasteiger partial charge in [0, 0.05) is 25.7 Å². The van der Waals surface area contributed by atoms with Crippen molar-refractivity contribution in [3.8, 4) is 0 Å². The Kier molecular flexibility index (Phi) is 3.84. The summed E-state index contributed by atoms with van der Waals surface area (Å²) in [5.41, 5.74) is -0.440. The molecule has 2 rings (SSSR count). The number of carbonyl (C=O) groups excluding carboxylic acids is 2. The third-order valence-corrected chi connectivity index (χ3v) is 3.92. The summed E-state index contributed by atoms with van der Waals surface area (Å²) in [5, 5.41) is 0. The van der Waals surface area contributed by atoms with Gasteiger partial charge in [0.1, 0.15) is 5.60 Å². The van der Waals surface area contributed by atoms with Gasteiger partial charge in [-0.1, -0.05) is 0 Å². The summed E-state index contributed by atoms with van der Waals surface area (Å²) in [6, 6.07) is 0.262. The Morgan fingerprint density at radius 1 is 1.15 bits per heavy atom. The molecule has 20 heavy (non-hydrogen) atoms. The third-order valence-electron chi connectivity index (χ3n) is 3.92. The first-order valence-electron chi connectivity index (χ1n) is 7.26. The zero-order chi connectivity index (χ0) is 15.1. The average molecular weight is 283 g/mol. The molecule has 2 heterocycles. The van der Waals surface area contributed by atoms with Crippen molar-refractivity contribution in [2.75, 3.05) is 26.2 Å². The van der Waals surface area contributed by atoms with Gasteiger partial charge in [0.25, 0.3) is 0 Å². The summed E-state index contributed by atoms with van der Waals surface area (Å²) in [6.45, 7) is 12.4. The highest BCUT2D eigenvalue weighted by atomic mass is 16.6. The number of nitrogens with zero attached hydrogens (tertiary/aromatic N) is 3. The van der Waals surface area contributed by atoms with Crippen molar-refractivity contribution in [3.63, 3.8) is 0 Å². The maximum Gasteiger partial charge on any atom is 0.410 e. The fourth-order valence-electron chi connectivity index (χ4n) is 2.81. The summed E-state index contributed by atoms with van der Waals surface area (Å²) >= 11 is 0. The highest BCUT2D eigenvalue weighted by Crippen LogP contribution is 2.24. The van der Waals surface area contributed by atoms with Gasteiger partial charge in [0.2, 0.25) is 0 Å². The molecule has 6 heteroatoms. The van der Waals surface area contributed by atoms with Crippen molar-refractivity contribution in [1.82, 2.24) is 14.7 Å². The molecule has 114 valence electrons. The second-order valence-corrected chi connectivity index (χ2v) is 6.62. The van der Waals surface area contributed by atoms with Crippen LogP contribution in [0.1, 0.15) is 34.6 Å². The van der Waals surface area contributed by atoms with Gasteiger partial charge in [-0.3, -0.25) is 4.90 Å². The molecule has 0 bridgehead atoms. The Morgan fingerprint density at radius 2 is 1.80 bits per heavy atom. The van der Waals surface area contributed by atoms with Gasteiger partial charge in [-0.15, -0.1) is 0 Å². The highest BCUT2D eigenvalue weighted by Gasteiger charge is 2.41. The Balaban J connectivity index is 1.94. The van der Waals surface area contributed by atoms with Crippen LogP contribution in [0.2, 0.25) is 0 Å². The van der Waals surface area contributed by atoms with Gasteiger partial charge < -0.3 is 14.5 Å². The molecule has 3 amide bonds. The minimum atomic E-state index is -0.440. The molecule has 0 radical (unpaired) electrons. The van der Waals surface area contributed by atoms with Crippen LogP contribution in [-0.4, -0.2) is 70.7 Å². The number of urea groups is 1. The zero-order valence-electron chi connectivity index (χ0n) is 13.0. The van der Waals surface area contributed by atoms with Crippen LogP contribution in [0.3, 0.4) is 0 Å². The highest BCUT2D eigenvalue weighted by molar-refractivity contribution is 5.77. The van der Waals surface area contributed by atoms with Crippen LogP contribution < -0.4 is 0 Å². The van der Waals surface area contributed by atoms with E-state index in [4.69, 9.17) is 4.74 Å². The molecule has 2 fully saturated rings. The van der Waals surface area contributed by atoms with E-state index in [0.29, 0.717) is 13.1 Å². The summed E-state index contributed by atoms with van der Waals surface area (Å²) in [5.74, 6) is 0. The van der Waals surface area contributed by atoms with Gasteiger partial charge in [-0.05, 0) is 34.6 Å². The second-order valence-electron chi connectivity index (χ2n) is 6.62. The van der Waals surface area contributed by atoms with Crippen molar-refractivity contribution in [2.45, 2.75) is 52.3 Å². The summed E-state index contributed by atoms with van der Waals surface area (Å²) in [4.78, 5) is 29.5. The molecular formula is C14H25N3O3. The standard InChI is InChI=1S/C14H25N3O3/c1-10(2)16-7-6-15(12(16)18)8-11(3)17-9-14(4,5)20-13(17)19/h10-11H,6-9H2,1-5H3. The molecule has 2 saturated heterocycles.